The molecule has 1 aliphatic rings. The molecule has 2 rings (SSSR count). The lowest BCUT2D eigenvalue weighted by Gasteiger charge is -2.31. The van der Waals surface area contributed by atoms with Gasteiger partial charge in [0.05, 0.1) is 19.0 Å². The first kappa shape index (κ1) is 9.22. The Hall–Kier alpha value is -1.34. The van der Waals surface area contributed by atoms with Crippen LogP contribution in [-0.4, -0.2) is 27.0 Å². The van der Waals surface area contributed by atoms with Crippen molar-refractivity contribution in [3.05, 3.63) is 18.2 Å². The summed E-state index contributed by atoms with van der Waals surface area (Å²) < 4.78 is 2.18. The summed E-state index contributed by atoms with van der Waals surface area (Å²) in [6.45, 7) is 4.98. The second-order valence-corrected chi connectivity index (χ2v) is 3.72. The van der Waals surface area contributed by atoms with E-state index < -0.39 is 0 Å². The van der Waals surface area contributed by atoms with Gasteiger partial charge in [-0.15, -0.1) is 0 Å². The summed E-state index contributed by atoms with van der Waals surface area (Å²) in [5, 5.41) is 8.63. The SMILES string of the molecule is CC(CC#N)N1CCn2ccnc2C1. The number of hydrogen-bond acceptors (Lipinski definition) is 3. The first-order valence-electron chi connectivity index (χ1n) is 4.92. The Labute approximate surface area is 83.8 Å². The molecule has 0 saturated heterocycles. The fraction of sp³-hybridized carbons (Fsp3) is 0.600. The van der Waals surface area contributed by atoms with E-state index in [2.05, 4.69) is 27.4 Å². The maximum atomic E-state index is 8.63. The Morgan fingerprint density at radius 3 is 3.29 bits per heavy atom. The minimum absolute atomic E-state index is 0.338. The van der Waals surface area contributed by atoms with Gasteiger partial charge in [0.1, 0.15) is 5.82 Å². The van der Waals surface area contributed by atoms with Crippen molar-refractivity contribution in [2.75, 3.05) is 6.54 Å². The fourth-order valence-corrected chi connectivity index (χ4v) is 1.83. The van der Waals surface area contributed by atoms with E-state index in [1.54, 1.807) is 0 Å². The van der Waals surface area contributed by atoms with Gasteiger partial charge < -0.3 is 4.57 Å². The second kappa shape index (κ2) is 3.81. The van der Waals surface area contributed by atoms with Crippen LogP contribution in [0.1, 0.15) is 19.2 Å². The summed E-state index contributed by atoms with van der Waals surface area (Å²) in [7, 11) is 0. The average molecular weight is 190 g/mol. The number of imidazole rings is 1. The minimum atomic E-state index is 0.338. The van der Waals surface area contributed by atoms with Gasteiger partial charge in [-0.05, 0) is 6.92 Å². The van der Waals surface area contributed by atoms with Crippen LogP contribution in [0.25, 0.3) is 0 Å². The smallest absolute Gasteiger partial charge is 0.122 e. The first-order chi connectivity index (χ1) is 6.81. The molecule has 1 aromatic rings. The van der Waals surface area contributed by atoms with Crippen LogP contribution in [0.3, 0.4) is 0 Å². The summed E-state index contributed by atoms with van der Waals surface area (Å²) in [5.74, 6) is 1.11. The molecule has 0 radical (unpaired) electrons. The second-order valence-electron chi connectivity index (χ2n) is 3.72. The third-order valence-corrected chi connectivity index (χ3v) is 2.78. The highest BCUT2D eigenvalue weighted by molar-refractivity contribution is 4.97. The van der Waals surface area contributed by atoms with Gasteiger partial charge in [-0.3, -0.25) is 4.90 Å². The Balaban J connectivity index is 2.04. The van der Waals surface area contributed by atoms with Crippen LogP contribution >= 0.6 is 0 Å². The molecule has 0 bridgehead atoms. The van der Waals surface area contributed by atoms with Gasteiger partial charge in [0.15, 0.2) is 0 Å². The maximum Gasteiger partial charge on any atom is 0.122 e. The summed E-state index contributed by atoms with van der Waals surface area (Å²) in [6.07, 6.45) is 4.45. The predicted octanol–water partition coefficient (Wildman–Crippen LogP) is 1.00. The van der Waals surface area contributed by atoms with Crippen molar-refractivity contribution in [3.63, 3.8) is 0 Å². The van der Waals surface area contributed by atoms with Crippen molar-refractivity contribution >= 4 is 0 Å². The van der Waals surface area contributed by atoms with Gasteiger partial charge >= 0.3 is 0 Å². The molecule has 0 saturated carbocycles. The molecule has 4 nitrogen and oxygen atoms in total. The van der Waals surface area contributed by atoms with Gasteiger partial charge in [0.2, 0.25) is 0 Å². The predicted molar refractivity (Wildman–Crippen MR) is 52.3 cm³/mol. The topological polar surface area (TPSA) is 44.9 Å². The van der Waals surface area contributed by atoms with E-state index in [1.165, 1.54) is 0 Å². The maximum absolute atomic E-state index is 8.63. The molecule has 0 aliphatic carbocycles. The van der Waals surface area contributed by atoms with Crippen molar-refractivity contribution in [2.45, 2.75) is 32.5 Å². The summed E-state index contributed by atoms with van der Waals surface area (Å²) in [5.41, 5.74) is 0. The minimum Gasteiger partial charge on any atom is -0.333 e. The van der Waals surface area contributed by atoms with Crippen LogP contribution in [0.2, 0.25) is 0 Å². The standard InChI is InChI=1S/C10H14N4/c1-9(2-3-11)14-7-6-13-5-4-12-10(13)8-14/h4-5,9H,2,6-8H2,1H3. The molecule has 0 aromatic carbocycles. The summed E-state index contributed by atoms with van der Waals surface area (Å²) in [6, 6.07) is 2.55. The Kier molecular flexibility index (Phi) is 2.51. The van der Waals surface area contributed by atoms with Gasteiger partial charge in [-0.25, -0.2) is 4.98 Å². The lowest BCUT2D eigenvalue weighted by Crippen LogP contribution is -2.39. The number of fused-ring (bicyclic) bond motifs is 1. The van der Waals surface area contributed by atoms with Crippen LogP contribution in [0.15, 0.2) is 12.4 Å². The Morgan fingerprint density at radius 2 is 2.50 bits per heavy atom. The van der Waals surface area contributed by atoms with E-state index in [0.717, 1.165) is 25.5 Å². The number of nitriles is 1. The summed E-state index contributed by atoms with van der Waals surface area (Å²) >= 11 is 0. The van der Waals surface area contributed by atoms with Crippen molar-refractivity contribution in [1.29, 1.82) is 5.26 Å². The Bertz CT molecular complexity index is 349. The van der Waals surface area contributed by atoms with Crippen molar-refractivity contribution < 1.29 is 0 Å². The molecule has 0 amide bonds. The highest BCUT2D eigenvalue weighted by Crippen LogP contribution is 2.14. The first-order valence-corrected chi connectivity index (χ1v) is 4.92. The fourth-order valence-electron chi connectivity index (χ4n) is 1.83. The van der Waals surface area contributed by atoms with Gasteiger partial charge in [-0.2, -0.15) is 5.26 Å². The van der Waals surface area contributed by atoms with E-state index in [-0.39, 0.29) is 0 Å². The number of rotatable bonds is 2. The van der Waals surface area contributed by atoms with Gasteiger partial charge in [0.25, 0.3) is 0 Å². The van der Waals surface area contributed by atoms with E-state index in [4.69, 9.17) is 5.26 Å². The molecule has 0 N–H and O–H groups in total. The molecular weight excluding hydrogens is 176 g/mol. The van der Waals surface area contributed by atoms with Gasteiger partial charge in [-0.1, -0.05) is 0 Å². The van der Waals surface area contributed by atoms with E-state index in [9.17, 15) is 0 Å². The van der Waals surface area contributed by atoms with E-state index in [0.29, 0.717) is 12.5 Å². The Morgan fingerprint density at radius 1 is 1.64 bits per heavy atom. The molecule has 1 aromatic heterocycles. The molecule has 2 heterocycles. The molecule has 14 heavy (non-hydrogen) atoms. The van der Waals surface area contributed by atoms with Crippen LogP contribution in [0, 0.1) is 11.3 Å². The third kappa shape index (κ3) is 1.64. The third-order valence-electron chi connectivity index (χ3n) is 2.78. The van der Waals surface area contributed by atoms with Gasteiger partial charge in [0, 0.05) is 31.5 Å². The zero-order valence-electron chi connectivity index (χ0n) is 8.35. The van der Waals surface area contributed by atoms with E-state index in [1.807, 2.05) is 12.4 Å². The highest BCUT2D eigenvalue weighted by atomic mass is 15.2. The highest BCUT2D eigenvalue weighted by Gasteiger charge is 2.20. The van der Waals surface area contributed by atoms with Crippen molar-refractivity contribution in [2.24, 2.45) is 0 Å². The lowest BCUT2D eigenvalue weighted by molar-refractivity contribution is 0.164. The molecule has 1 atom stereocenters. The van der Waals surface area contributed by atoms with Crippen LogP contribution in [-0.2, 0) is 13.1 Å². The zero-order valence-corrected chi connectivity index (χ0v) is 8.35. The van der Waals surface area contributed by atoms with Crippen molar-refractivity contribution in [1.82, 2.24) is 14.5 Å². The lowest BCUT2D eigenvalue weighted by atomic mass is 10.2. The number of aromatic nitrogens is 2. The van der Waals surface area contributed by atoms with Crippen LogP contribution in [0.4, 0.5) is 0 Å². The average Bonchev–Trinajstić information content (AvgIpc) is 2.64. The molecule has 0 fully saturated rings. The largest absolute Gasteiger partial charge is 0.333 e. The van der Waals surface area contributed by atoms with E-state index >= 15 is 0 Å². The quantitative estimate of drug-likeness (QED) is 0.699. The normalized spacial score (nSPS) is 18.6. The molecule has 1 aliphatic heterocycles. The molecule has 4 heteroatoms. The van der Waals surface area contributed by atoms with Crippen LogP contribution < -0.4 is 0 Å². The number of hydrogen-bond donors (Lipinski definition) is 0. The molecule has 74 valence electrons. The van der Waals surface area contributed by atoms with Crippen molar-refractivity contribution in [3.8, 4) is 6.07 Å². The molecule has 1 unspecified atom stereocenters. The number of nitrogens with zero attached hydrogens (tertiary/aromatic N) is 4. The molecular formula is C10H14N4. The van der Waals surface area contributed by atoms with Crippen LogP contribution in [0.5, 0.6) is 0 Å². The summed E-state index contributed by atoms with van der Waals surface area (Å²) in [4.78, 5) is 6.60. The zero-order chi connectivity index (χ0) is 9.97. The monoisotopic (exact) mass is 190 g/mol. The molecule has 0 spiro atoms.